The standard InChI is InChI=1S/C25H32ClN5O3.C19H21ClN4O3/c26-21-11-16(1-2-17(21)14-32)12-27-22-20(23(34)29-18-3-5-19(33)6-4-18)13-28-24(30-22)31-10-9-25(15-31)7-8-25;20-15-7-12(1-2-13(15)10-25)8-21-16-14(17(26)27)9-22-18(23-16)24-6-5-19(11-24)3-4-19/h1-2,11,13,18-19,32-33H,3-10,12,14-15H2,(H,29,34)(H,27,28,30);1-2,7,9,25H,3-6,8,10-11H2,(H,26,27)(H,21,22,23). The van der Waals surface area contributed by atoms with E-state index in [1.807, 2.05) is 18.2 Å². The Kier molecular flexibility index (Phi) is 12.8. The van der Waals surface area contributed by atoms with Crippen molar-refractivity contribution in [2.45, 2.75) is 103 Å². The number of carboxylic acids is 1. The van der Waals surface area contributed by atoms with E-state index in [9.17, 15) is 30.0 Å². The number of anilines is 4. The first kappa shape index (κ1) is 42.9. The van der Waals surface area contributed by atoms with Crippen LogP contribution in [0, 0.1) is 10.8 Å². The lowest BCUT2D eigenvalue weighted by molar-refractivity contribution is 0.0696. The molecule has 0 unspecified atom stereocenters. The summed E-state index contributed by atoms with van der Waals surface area (Å²) in [6.45, 7) is 4.33. The van der Waals surface area contributed by atoms with Gasteiger partial charge in [0.1, 0.15) is 22.8 Å². The molecule has 2 aromatic heterocycles. The van der Waals surface area contributed by atoms with E-state index in [2.05, 4.69) is 40.7 Å². The first-order valence-electron chi connectivity index (χ1n) is 21.1. The summed E-state index contributed by atoms with van der Waals surface area (Å²) in [6.07, 6.45) is 13.0. The molecule has 0 atom stereocenters. The van der Waals surface area contributed by atoms with E-state index < -0.39 is 5.97 Å². The SMILES string of the molecule is O=C(NC1CCC(O)CC1)c1cnc(N2CCC3(CC3)C2)nc1NCc1ccc(CO)c(Cl)c1.O=C(O)c1cnc(N2CCC3(CC3)C2)nc1NCc1ccc(CO)c(Cl)c1. The number of aromatic nitrogens is 4. The molecule has 5 aliphatic rings. The minimum atomic E-state index is -1.07. The number of rotatable bonds is 13. The number of nitrogens with zero attached hydrogens (tertiary/aromatic N) is 6. The van der Waals surface area contributed by atoms with Gasteiger partial charge in [-0.25, -0.2) is 14.8 Å². The molecule has 7 N–H and O–H groups in total. The van der Waals surface area contributed by atoms with Gasteiger partial charge >= 0.3 is 5.97 Å². The second-order valence-electron chi connectivity index (χ2n) is 17.4. The van der Waals surface area contributed by atoms with E-state index in [4.69, 9.17) is 28.2 Å². The van der Waals surface area contributed by atoms with Gasteiger partial charge in [0.15, 0.2) is 0 Å². The molecule has 2 spiro atoms. The quantitative estimate of drug-likeness (QED) is 0.0801. The molecule has 15 nitrogen and oxygen atoms in total. The number of aromatic carboxylic acids is 1. The number of hydrogen-bond donors (Lipinski definition) is 7. The Labute approximate surface area is 364 Å². The molecule has 324 valence electrons. The Morgan fingerprint density at radius 1 is 0.705 bits per heavy atom. The number of nitrogens with one attached hydrogen (secondary N) is 3. The normalized spacial score (nSPS) is 20.6. The van der Waals surface area contributed by atoms with Gasteiger partial charge in [-0.15, -0.1) is 0 Å². The highest BCUT2D eigenvalue weighted by Gasteiger charge is 2.49. The molecule has 3 saturated carbocycles. The van der Waals surface area contributed by atoms with Crippen LogP contribution in [0.25, 0.3) is 0 Å². The van der Waals surface area contributed by atoms with Crippen LogP contribution in [-0.2, 0) is 26.3 Å². The first-order valence-corrected chi connectivity index (χ1v) is 21.9. The molecule has 2 aliphatic heterocycles. The van der Waals surface area contributed by atoms with Gasteiger partial charge in [-0.3, -0.25) is 4.79 Å². The van der Waals surface area contributed by atoms with Gasteiger partial charge in [-0.05, 0) is 109 Å². The molecule has 1 amide bonds. The summed E-state index contributed by atoms with van der Waals surface area (Å²) in [5.41, 5.74) is 4.46. The molecule has 61 heavy (non-hydrogen) atoms. The van der Waals surface area contributed by atoms with Crippen LogP contribution < -0.4 is 25.8 Å². The molecule has 2 aromatic carbocycles. The molecule has 0 bridgehead atoms. The highest BCUT2D eigenvalue weighted by Crippen LogP contribution is 2.54. The molecule has 17 heteroatoms. The number of carbonyl (C=O) groups is 2. The molecule has 9 rings (SSSR count). The predicted octanol–water partition coefficient (Wildman–Crippen LogP) is 6.18. The van der Waals surface area contributed by atoms with Gasteiger partial charge in [-0.2, -0.15) is 9.97 Å². The fourth-order valence-corrected chi connectivity index (χ4v) is 9.06. The van der Waals surface area contributed by atoms with Gasteiger partial charge in [-0.1, -0.05) is 47.5 Å². The Hall–Kier alpha value is -4.80. The second-order valence-corrected chi connectivity index (χ2v) is 18.2. The van der Waals surface area contributed by atoms with Crippen molar-refractivity contribution < 1.29 is 30.0 Å². The average Bonchev–Trinajstić information content (AvgIpc) is 4.11. The summed E-state index contributed by atoms with van der Waals surface area (Å²) >= 11 is 12.4. The third kappa shape index (κ3) is 10.3. The van der Waals surface area contributed by atoms with Crippen LogP contribution in [0.5, 0.6) is 0 Å². The summed E-state index contributed by atoms with van der Waals surface area (Å²) in [5.74, 6) is 0.739. The van der Waals surface area contributed by atoms with Gasteiger partial charge in [0.2, 0.25) is 11.9 Å². The van der Waals surface area contributed by atoms with E-state index in [1.54, 1.807) is 24.4 Å². The number of carbonyl (C=O) groups excluding carboxylic acids is 1. The molecular weight excluding hydrogens is 821 g/mol. The lowest BCUT2D eigenvalue weighted by atomic mass is 9.93. The van der Waals surface area contributed by atoms with Crippen LogP contribution in [0.1, 0.15) is 107 Å². The van der Waals surface area contributed by atoms with Crippen LogP contribution >= 0.6 is 23.2 Å². The molecule has 2 saturated heterocycles. The summed E-state index contributed by atoms with van der Waals surface area (Å²) in [7, 11) is 0. The number of benzene rings is 2. The zero-order valence-electron chi connectivity index (χ0n) is 34.0. The molecule has 4 heterocycles. The van der Waals surface area contributed by atoms with E-state index in [0.717, 1.165) is 56.6 Å². The lowest BCUT2D eigenvalue weighted by Crippen LogP contribution is -2.39. The number of halogens is 2. The largest absolute Gasteiger partial charge is 0.477 e. The van der Waals surface area contributed by atoms with Crippen LogP contribution in [0.3, 0.4) is 0 Å². The Balaban J connectivity index is 0.000000173. The maximum atomic E-state index is 13.2. The maximum absolute atomic E-state index is 13.2. The first-order chi connectivity index (χ1) is 29.4. The lowest BCUT2D eigenvalue weighted by Gasteiger charge is -2.26. The number of aliphatic hydroxyl groups excluding tert-OH is 3. The van der Waals surface area contributed by atoms with Crippen LogP contribution in [0.15, 0.2) is 48.8 Å². The van der Waals surface area contributed by atoms with Crippen molar-refractivity contribution in [3.05, 3.63) is 92.2 Å². The average molecular weight is 875 g/mol. The zero-order chi connectivity index (χ0) is 42.7. The predicted molar refractivity (Wildman–Crippen MR) is 233 cm³/mol. The number of carboxylic acid groups (broad SMARTS) is 1. The summed E-state index contributed by atoms with van der Waals surface area (Å²) in [4.78, 5) is 47.1. The third-order valence-electron chi connectivity index (χ3n) is 12.9. The summed E-state index contributed by atoms with van der Waals surface area (Å²) in [5, 5.41) is 48.3. The highest BCUT2D eigenvalue weighted by atomic mass is 35.5. The van der Waals surface area contributed by atoms with E-state index >= 15 is 0 Å². The van der Waals surface area contributed by atoms with Crippen LogP contribution in [0.4, 0.5) is 23.5 Å². The second kappa shape index (κ2) is 18.3. The Morgan fingerprint density at radius 2 is 1.18 bits per heavy atom. The van der Waals surface area contributed by atoms with Crippen molar-refractivity contribution in [3.63, 3.8) is 0 Å². The number of hydrogen-bond acceptors (Lipinski definition) is 13. The summed E-state index contributed by atoms with van der Waals surface area (Å²) < 4.78 is 0. The Morgan fingerprint density at radius 3 is 1.61 bits per heavy atom. The van der Waals surface area contributed by atoms with Crippen LogP contribution in [-0.4, -0.2) is 90.6 Å². The van der Waals surface area contributed by atoms with Crippen molar-refractivity contribution in [2.24, 2.45) is 10.8 Å². The van der Waals surface area contributed by atoms with Gasteiger partial charge in [0.25, 0.3) is 5.91 Å². The van der Waals surface area contributed by atoms with Gasteiger partial charge < -0.3 is 46.2 Å². The summed E-state index contributed by atoms with van der Waals surface area (Å²) in [6, 6.07) is 10.9. The molecule has 0 radical (unpaired) electrons. The minimum Gasteiger partial charge on any atom is -0.477 e. The Bertz CT molecular complexity index is 2250. The van der Waals surface area contributed by atoms with Gasteiger partial charge in [0, 0.05) is 67.7 Å². The molecule has 4 aromatic rings. The van der Waals surface area contributed by atoms with Crippen molar-refractivity contribution in [2.75, 3.05) is 46.6 Å². The van der Waals surface area contributed by atoms with E-state index in [-0.39, 0.29) is 36.8 Å². The highest BCUT2D eigenvalue weighted by molar-refractivity contribution is 6.31. The topological polar surface area (TPSA) is 209 Å². The monoisotopic (exact) mass is 873 g/mol. The maximum Gasteiger partial charge on any atom is 0.341 e. The molecule has 5 fully saturated rings. The zero-order valence-corrected chi connectivity index (χ0v) is 35.6. The molecule has 3 aliphatic carbocycles. The van der Waals surface area contributed by atoms with Crippen LogP contribution in [0.2, 0.25) is 10.0 Å². The molecular formula is C44H53Cl2N9O6. The van der Waals surface area contributed by atoms with Gasteiger partial charge in [0.05, 0.1) is 19.3 Å². The minimum absolute atomic E-state index is 0.0390. The number of aliphatic hydroxyl groups is 3. The fourth-order valence-electron chi connectivity index (χ4n) is 8.54. The van der Waals surface area contributed by atoms with E-state index in [0.29, 0.717) is 87.0 Å². The van der Waals surface area contributed by atoms with Crippen molar-refractivity contribution in [1.29, 1.82) is 0 Å². The van der Waals surface area contributed by atoms with Crippen molar-refractivity contribution >= 4 is 58.6 Å². The van der Waals surface area contributed by atoms with E-state index in [1.165, 1.54) is 38.3 Å². The third-order valence-corrected chi connectivity index (χ3v) is 13.6. The van der Waals surface area contributed by atoms with Crippen molar-refractivity contribution in [3.8, 4) is 0 Å². The smallest absolute Gasteiger partial charge is 0.341 e. The number of amides is 1. The fraction of sp³-hybridized carbons (Fsp3) is 0.500. The van der Waals surface area contributed by atoms with Crippen molar-refractivity contribution in [1.82, 2.24) is 25.3 Å².